The van der Waals surface area contributed by atoms with Gasteiger partial charge in [-0.1, -0.05) is 22.0 Å². The summed E-state index contributed by atoms with van der Waals surface area (Å²) in [4.78, 5) is 12.1. The average Bonchev–Trinajstić information content (AvgIpc) is 2.26. The predicted molar refractivity (Wildman–Crippen MR) is 72.1 cm³/mol. The van der Waals surface area contributed by atoms with Crippen LogP contribution in [-0.2, 0) is 9.53 Å². The van der Waals surface area contributed by atoms with Crippen LogP contribution >= 0.6 is 27.7 Å². The number of halogens is 1. The molecule has 0 fully saturated rings. The second-order valence-corrected chi connectivity index (χ2v) is 5.36. The zero-order valence-electron chi connectivity index (χ0n) is 9.77. The Bertz CT molecular complexity index is 393. The van der Waals surface area contributed by atoms with Gasteiger partial charge in [0.15, 0.2) is 0 Å². The van der Waals surface area contributed by atoms with Crippen LogP contribution in [0.25, 0.3) is 0 Å². The Hall–Kier alpha value is -0.520. The number of esters is 1. The van der Waals surface area contributed by atoms with Crippen LogP contribution in [0.1, 0.15) is 25.5 Å². The molecule has 0 bridgehead atoms. The molecule has 1 atom stereocenters. The van der Waals surface area contributed by atoms with Crippen molar-refractivity contribution in [2.75, 3.05) is 12.4 Å². The van der Waals surface area contributed by atoms with Gasteiger partial charge in [-0.15, -0.1) is 11.8 Å². The van der Waals surface area contributed by atoms with Gasteiger partial charge in [0.1, 0.15) is 0 Å². The number of benzene rings is 1. The average molecular weight is 319 g/mol. The lowest BCUT2D eigenvalue weighted by atomic mass is 10.1. The number of rotatable bonds is 5. The fourth-order valence-electron chi connectivity index (χ4n) is 1.28. The van der Waals surface area contributed by atoms with Crippen molar-refractivity contribution in [3.63, 3.8) is 0 Å². The van der Waals surface area contributed by atoms with Crippen LogP contribution in [0.2, 0.25) is 0 Å². The SMILES string of the molecule is CCOC(=O)CSc1ccc(C(C)O)c(Br)c1. The first kappa shape index (κ1) is 14.5. The van der Waals surface area contributed by atoms with E-state index >= 15 is 0 Å². The highest BCUT2D eigenvalue weighted by molar-refractivity contribution is 9.10. The Kier molecular flexibility index (Phi) is 6.02. The number of ether oxygens (including phenoxy) is 1. The lowest BCUT2D eigenvalue weighted by Gasteiger charge is -2.09. The lowest BCUT2D eigenvalue weighted by Crippen LogP contribution is -2.06. The molecule has 0 aliphatic carbocycles. The minimum absolute atomic E-state index is 0.215. The molecule has 0 amide bonds. The lowest BCUT2D eigenvalue weighted by molar-refractivity contribution is -0.139. The smallest absolute Gasteiger partial charge is 0.316 e. The predicted octanol–water partition coefficient (Wildman–Crippen LogP) is 3.16. The van der Waals surface area contributed by atoms with E-state index in [0.717, 1.165) is 14.9 Å². The zero-order chi connectivity index (χ0) is 12.8. The summed E-state index contributed by atoms with van der Waals surface area (Å²) in [6.07, 6.45) is -0.506. The molecule has 0 aromatic heterocycles. The van der Waals surface area contributed by atoms with E-state index in [0.29, 0.717) is 12.4 Å². The zero-order valence-corrected chi connectivity index (χ0v) is 12.2. The van der Waals surface area contributed by atoms with Crippen molar-refractivity contribution >= 4 is 33.7 Å². The minimum Gasteiger partial charge on any atom is -0.465 e. The van der Waals surface area contributed by atoms with E-state index in [1.165, 1.54) is 11.8 Å². The van der Waals surface area contributed by atoms with Gasteiger partial charge in [0.05, 0.1) is 18.5 Å². The molecule has 0 spiro atoms. The number of aliphatic hydroxyl groups excluding tert-OH is 1. The minimum atomic E-state index is -0.506. The van der Waals surface area contributed by atoms with E-state index in [1.807, 2.05) is 18.2 Å². The Morgan fingerprint density at radius 2 is 2.29 bits per heavy atom. The molecular formula is C12H15BrO3S. The van der Waals surface area contributed by atoms with Crippen molar-refractivity contribution < 1.29 is 14.6 Å². The van der Waals surface area contributed by atoms with Crippen molar-refractivity contribution in [1.29, 1.82) is 0 Å². The van der Waals surface area contributed by atoms with Gasteiger partial charge in [-0.05, 0) is 31.5 Å². The van der Waals surface area contributed by atoms with Crippen molar-refractivity contribution in [1.82, 2.24) is 0 Å². The number of hydrogen-bond donors (Lipinski definition) is 1. The van der Waals surface area contributed by atoms with Gasteiger partial charge in [0.25, 0.3) is 0 Å². The number of thioether (sulfide) groups is 1. The van der Waals surface area contributed by atoms with Crippen molar-refractivity contribution in [3.8, 4) is 0 Å². The molecule has 5 heteroatoms. The van der Waals surface area contributed by atoms with Crippen LogP contribution in [0.15, 0.2) is 27.6 Å². The maximum Gasteiger partial charge on any atom is 0.316 e. The number of carbonyl (C=O) groups is 1. The van der Waals surface area contributed by atoms with Crippen molar-refractivity contribution in [2.24, 2.45) is 0 Å². The van der Waals surface area contributed by atoms with E-state index in [9.17, 15) is 9.90 Å². The van der Waals surface area contributed by atoms with Crippen LogP contribution in [-0.4, -0.2) is 23.4 Å². The van der Waals surface area contributed by atoms with Crippen LogP contribution in [0.4, 0.5) is 0 Å². The highest BCUT2D eigenvalue weighted by atomic mass is 79.9. The maximum absolute atomic E-state index is 11.2. The summed E-state index contributed by atoms with van der Waals surface area (Å²) in [7, 11) is 0. The fourth-order valence-corrected chi connectivity index (χ4v) is 2.88. The first-order valence-corrected chi connectivity index (χ1v) is 7.08. The topological polar surface area (TPSA) is 46.5 Å². The molecule has 0 heterocycles. The van der Waals surface area contributed by atoms with Gasteiger partial charge in [0, 0.05) is 9.37 Å². The third kappa shape index (κ3) is 4.69. The van der Waals surface area contributed by atoms with Crippen LogP contribution < -0.4 is 0 Å². The monoisotopic (exact) mass is 318 g/mol. The molecule has 1 aromatic rings. The molecule has 17 heavy (non-hydrogen) atoms. The molecule has 0 saturated carbocycles. The summed E-state index contributed by atoms with van der Waals surface area (Å²) in [6, 6.07) is 5.63. The maximum atomic E-state index is 11.2. The third-order valence-electron chi connectivity index (χ3n) is 2.08. The highest BCUT2D eigenvalue weighted by Crippen LogP contribution is 2.28. The number of aliphatic hydroxyl groups is 1. The Balaban J connectivity index is 2.62. The van der Waals surface area contributed by atoms with Crippen LogP contribution in [0.5, 0.6) is 0 Å². The largest absolute Gasteiger partial charge is 0.465 e. The third-order valence-corrected chi connectivity index (χ3v) is 3.74. The summed E-state index contributed by atoms with van der Waals surface area (Å²) in [5, 5.41) is 9.47. The Morgan fingerprint density at radius 3 is 2.82 bits per heavy atom. The molecular weight excluding hydrogens is 304 g/mol. The standard InChI is InChI=1S/C12H15BrO3S/c1-3-16-12(15)7-17-9-4-5-10(8(2)14)11(13)6-9/h4-6,8,14H,3,7H2,1-2H3. The summed E-state index contributed by atoms with van der Waals surface area (Å²) < 4.78 is 5.69. The van der Waals surface area contributed by atoms with E-state index < -0.39 is 6.10 Å². The molecule has 0 radical (unpaired) electrons. The normalized spacial score (nSPS) is 12.2. The molecule has 0 aliphatic rings. The van der Waals surface area contributed by atoms with Crippen LogP contribution in [0.3, 0.4) is 0 Å². The summed E-state index contributed by atoms with van der Waals surface area (Å²) in [5.74, 6) is 0.0853. The second kappa shape index (κ2) is 7.03. The molecule has 0 aliphatic heterocycles. The number of carbonyl (C=O) groups excluding carboxylic acids is 1. The van der Waals surface area contributed by atoms with Gasteiger partial charge in [-0.25, -0.2) is 0 Å². The summed E-state index contributed by atoms with van der Waals surface area (Å²) in [6.45, 7) is 3.91. The molecule has 1 rings (SSSR count). The fraction of sp³-hybridized carbons (Fsp3) is 0.417. The van der Waals surface area contributed by atoms with E-state index in [1.54, 1.807) is 13.8 Å². The van der Waals surface area contributed by atoms with Gasteiger partial charge in [-0.3, -0.25) is 4.79 Å². The van der Waals surface area contributed by atoms with E-state index in [4.69, 9.17) is 4.74 Å². The molecule has 3 nitrogen and oxygen atoms in total. The van der Waals surface area contributed by atoms with Crippen LogP contribution in [0, 0.1) is 0 Å². The second-order valence-electron chi connectivity index (χ2n) is 3.45. The van der Waals surface area contributed by atoms with Crippen molar-refractivity contribution in [3.05, 3.63) is 28.2 Å². The van der Waals surface area contributed by atoms with Gasteiger partial charge >= 0.3 is 5.97 Å². The number of hydrogen-bond acceptors (Lipinski definition) is 4. The summed E-state index contributed by atoms with van der Waals surface area (Å²) >= 11 is 4.81. The summed E-state index contributed by atoms with van der Waals surface area (Å²) in [5.41, 5.74) is 0.838. The quantitative estimate of drug-likeness (QED) is 0.669. The van der Waals surface area contributed by atoms with Gasteiger partial charge < -0.3 is 9.84 Å². The molecule has 1 aromatic carbocycles. The van der Waals surface area contributed by atoms with Gasteiger partial charge in [0.2, 0.25) is 0 Å². The van der Waals surface area contributed by atoms with E-state index in [-0.39, 0.29) is 5.97 Å². The van der Waals surface area contributed by atoms with Gasteiger partial charge in [-0.2, -0.15) is 0 Å². The Labute approximate surface area is 114 Å². The van der Waals surface area contributed by atoms with Crippen molar-refractivity contribution in [2.45, 2.75) is 24.8 Å². The highest BCUT2D eigenvalue weighted by Gasteiger charge is 2.08. The first-order chi connectivity index (χ1) is 8.04. The molecule has 1 N–H and O–H groups in total. The Morgan fingerprint density at radius 1 is 1.59 bits per heavy atom. The molecule has 1 unspecified atom stereocenters. The first-order valence-electron chi connectivity index (χ1n) is 5.30. The molecule has 94 valence electrons. The molecule has 0 saturated heterocycles. The van der Waals surface area contributed by atoms with E-state index in [2.05, 4.69) is 15.9 Å².